The van der Waals surface area contributed by atoms with Crippen LogP contribution in [0.3, 0.4) is 0 Å². The van der Waals surface area contributed by atoms with E-state index in [1.807, 2.05) is 37.3 Å². The Bertz CT molecular complexity index is 622. The minimum atomic E-state index is 0.172. The molecule has 0 saturated heterocycles. The molecule has 0 bridgehead atoms. The van der Waals surface area contributed by atoms with Crippen LogP contribution in [0.5, 0.6) is 0 Å². The Morgan fingerprint density at radius 3 is 2.58 bits per heavy atom. The van der Waals surface area contributed by atoms with Crippen molar-refractivity contribution in [1.29, 1.82) is 0 Å². The molecule has 0 saturated carbocycles. The summed E-state index contributed by atoms with van der Waals surface area (Å²) in [6, 6.07) is 9.71. The van der Waals surface area contributed by atoms with Crippen molar-refractivity contribution in [3.8, 4) is 0 Å². The van der Waals surface area contributed by atoms with E-state index in [2.05, 4.69) is 20.2 Å². The van der Waals surface area contributed by atoms with Crippen molar-refractivity contribution in [3.63, 3.8) is 0 Å². The van der Waals surface area contributed by atoms with Crippen LogP contribution in [0.1, 0.15) is 18.2 Å². The lowest BCUT2D eigenvalue weighted by atomic mass is 10.1. The molecule has 1 heterocycles. The average Bonchev–Trinajstić information content (AvgIpc) is 2.45. The zero-order chi connectivity index (χ0) is 13.7. The second kappa shape index (κ2) is 6.06. The highest BCUT2D eigenvalue weighted by molar-refractivity contribution is 6.29. The van der Waals surface area contributed by atoms with Crippen LogP contribution >= 0.6 is 11.6 Å². The first kappa shape index (κ1) is 13.2. The Kier molecular flexibility index (Phi) is 4.20. The molecular weight excluding hydrogens is 262 g/mol. The number of benzene rings is 1. The predicted octanol–water partition coefficient (Wildman–Crippen LogP) is 2.26. The van der Waals surface area contributed by atoms with Gasteiger partial charge in [-0.25, -0.2) is 4.98 Å². The monoisotopic (exact) mass is 273 g/mol. The molecule has 0 amide bonds. The first-order valence-corrected chi connectivity index (χ1v) is 5.95. The number of hydrogen-bond donors (Lipinski definition) is 1. The summed E-state index contributed by atoms with van der Waals surface area (Å²) >= 11 is 5.73. The van der Waals surface area contributed by atoms with Crippen LogP contribution in [0.25, 0.3) is 0 Å². The molecule has 1 aromatic carbocycles. The fourth-order valence-corrected chi connectivity index (χ4v) is 1.53. The van der Waals surface area contributed by atoms with E-state index in [0.29, 0.717) is 5.69 Å². The summed E-state index contributed by atoms with van der Waals surface area (Å²) in [5.74, 6) is 0.172. The molecule has 96 valence electrons. The zero-order valence-corrected chi connectivity index (χ0v) is 11.0. The lowest BCUT2D eigenvalue weighted by Gasteiger charge is -1.99. The number of nitrogens with two attached hydrogens (primary N) is 1. The average molecular weight is 274 g/mol. The molecule has 6 heteroatoms. The summed E-state index contributed by atoms with van der Waals surface area (Å²) in [7, 11) is 0. The molecule has 0 spiro atoms. The first-order chi connectivity index (χ1) is 9.16. The highest BCUT2D eigenvalue weighted by Crippen LogP contribution is 2.04. The van der Waals surface area contributed by atoms with Crippen molar-refractivity contribution in [2.45, 2.75) is 6.92 Å². The van der Waals surface area contributed by atoms with Crippen LogP contribution in [0.15, 0.2) is 52.9 Å². The first-order valence-electron chi connectivity index (χ1n) is 5.58. The molecule has 0 radical (unpaired) electrons. The van der Waals surface area contributed by atoms with Gasteiger partial charge in [0.25, 0.3) is 0 Å². The van der Waals surface area contributed by atoms with Crippen molar-refractivity contribution >= 4 is 23.1 Å². The topological polar surface area (TPSA) is 76.5 Å². The fourth-order valence-electron chi connectivity index (χ4n) is 1.38. The molecule has 2 aromatic rings. The van der Waals surface area contributed by atoms with Crippen LogP contribution < -0.4 is 5.73 Å². The number of hydrogen-bond acceptors (Lipinski definition) is 4. The number of rotatable bonds is 3. The minimum Gasteiger partial charge on any atom is -0.380 e. The molecule has 0 aliphatic rings. The van der Waals surface area contributed by atoms with Crippen molar-refractivity contribution in [1.82, 2.24) is 9.97 Å². The Labute approximate surface area is 115 Å². The third-order valence-corrected chi connectivity index (χ3v) is 2.55. The molecule has 0 unspecified atom stereocenters. The Balaban J connectivity index is 2.22. The van der Waals surface area contributed by atoms with Gasteiger partial charge in [0.05, 0.1) is 18.1 Å². The zero-order valence-electron chi connectivity index (χ0n) is 10.3. The second-order valence-corrected chi connectivity index (χ2v) is 4.15. The maximum absolute atomic E-state index is 5.77. The summed E-state index contributed by atoms with van der Waals surface area (Å²) in [6.45, 7) is 1.86. The van der Waals surface area contributed by atoms with Gasteiger partial charge in [0.15, 0.2) is 5.84 Å². The third kappa shape index (κ3) is 3.59. The van der Waals surface area contributed by atoms with E-state index in [4.69, 9.17) is 17.3 Å². The normalized spacial score (nSPS) is 12.5. The summed E-state index contributed by atoms with van der Waals surface area (Å²) in [5.41, 5.74) is 7.92. The van der Waals surface area contributed by atoms with Crippen molar-refractivity contribution in [2.24, 2.45) is 15.9 Å². The van der Waals surface area contributed by atoms with Crippen LogP contribution in [0.2, 0.25) is 5.15 Å². The minimum absolute atomic E-state index is 0.172. The van der Waals surface area contributed by atoms with E-state index in [1.165, 1.54) is 12.4 Å². The maximum atomic E-state index is 5.77. The van der Waals surface area contributed by atoms with Gasteiger partial charge >= 0.3 is 0 Å². The van der Waals surface area contributed by atoms with E-state index in [-0.39, 0.29) is 11.0 Å². The summed E-state index contributed by atoms with van der Waals surface area (Å²) in [5, 5.41) is 8.27. The third-order valence-electron chi connectivity index (χ3n) is 2.37. The maximum Gasteiger partial charge on any atom is 0.173 e. The van der Waals surface area contributed by atoms with Crippen molar-refractivity contribution in [2.75, 3.05) is 0 Å². The van der Waals surface area contributed by atoms with Gasteiger partial charge in [-0.1, -0.05) is 41.9 Å². The highest BCUT2D eigenvalue weighted by Gasteiger charge is 2.02. The summed E-state index contributed by atoms with van der Waals surface area (Å²) in [4.78, 5) is 7.89. The summed E-state index contributed by atoms with van der Waals surface area (Å²) < 4.78 is 0. The molecule has 2 N–H and O–H groups in total. The number of nitrogens with zero attached hydrogens (tertiary/aromatic N) is 4. The Morgan fingerprint density at radius 1 is 1.16 bits per heavy atom. The van der Waals surface area contributed by atoms with Gasteiger partial charge < -0.3 is 5.73 Å². The van der Waals surface area contributed by atoms with Crippen LogP contribution in [0, 0.1) is 0 Å². The van der Waals surface area contributed by atoms with Gasteiger partial charge in [-0.15, -0.1) is 5.10 Å². The predicted molar refractivity (Wildman–Crippen MR) is 76.4 cm³/mol. The molecule has 5 nitrogen and oxygen atoms in total. The highest BCUT2D eigenvalue weighted by atomic mass is 35.5. The molecule has 0 aliphatic heterocycles. The van der Waals surface area contributed by atoms with Crippen LogP contribution in [-0.2, 0) is 0 Å². The molecule has 0 aliphatic carbocycles. The molecule has 0 fully saturated rings. The summed E-state index contributed by atoms with van der Waals surface area (Å²) in [6.07, 6.45) is 2.91. The Hall–Kier alpha value is -2.27. The van der Waals surface area contributed by atoms with Gasteiger partial charge in [-0.2, -0.15) is 5.10 Å². The van der Waals surface area contributed by atoms with Crippen LogP contribution in [0.4, 0.5) is 0 Å². The number of halogens is 1. The number of amidine groups is 1. The van der Waals surface area contributed by atoms with Crippen molar-refractivity contribution in [3.05, 3.63) is 59.1 Å². The van der Waals surface area contributed by atoms with E-state index >= 15 is 0 Å². The van der Waals surface area contributed by atoms with Gasteiger partial charge in [0.1, 0.15) is 10.8 Å². The molecule has 2 rings (SSSR count). The van der Waals surface area contributed by atoms with Crippen molar-refractivity contribution < 1.29 is 0 Å². The fraction of sp³-hybridized carbons (Fsp3) is 0.0769. The largest absolute Gasteiger partial charge is 0.380 e. The lowest BCUT2D eigenvalue weighted by Crippen LogP contribution is -2.15. The number of aromatic nitrogens is 2. The van der Waals surface area contributed by atoms with E-state index in [0.717, 1.165) is 11.3 Å². The molecule has 19 heavy (non-hydrogen) atoms. The van der Waals surface area contributed by atoms with E-state index in [1.54, 1.807) is 0 Å². The smallest absolute Gasteiger partial charge is 0.173 e. The molecule has 1 aromatic heterocycles. The van der Waals surface area contributed by atoms with Crippen LogP contribution in [-0.4, -0.2) is 21.5 Å². The molecular formula is C13H12ClN5. The van der Waals surface area contributed by atoms with Gasteiger partial charge in [-0.3, -0.25) is 4.98 Å². The second-order valence-electron chi connectivity index (χ2n) is 3.76. The molecule has 0 atom stereocenters. The van der Waals surface area contributed by atoms with E-state index in [9.17, 15) is 0 Å². The van der Waals surface area contributed by atoms with Gasteiger partial charge in [0, 0.05) is 0 Å². The standard InChI is InChI=1S/C13H12ClN5/c1-9(10-5-3-2-4-6-10)18-19-13(15)11-7-16-8-12(14)17-11/h2-8H,1H3,(H2,15,19)/b18-9+. The Morgan fingerprint density at radius 2 is 1.89 bits per heavy atom. The van der Waals surface area contributed by atoms with Gasteiger partial charge in [0.2, 0.25) is 0 Å². The van der Waals surface area contributed by atoms with Gasteiger partial charge in [-0.05, 0) is 12.5 Å². The SMILES string of the molecule is C/C(=N\N=C(/N)c1cncc(Cl)n1)c1ccccc1. The quantitative estimate of drug-likeness (QED) is 0.529. The lowest BCUT2D eigenvalue weighted by molar-refractivity contribution is 1.14. The van der Waals surface area contributed by atoms with E-state index < -0.39 is 0 Å².